The molecule has 24 heavy (non-hydrogen) atoms. The normalized spacial score (nSPS) is 18.1. The average Bonchev–Trinajstić information content (AvgIpc) is 2.61. The molecule has 0 saturated carbocycles. The van der Waals surface area contributed by atoms with Crippen LogP contribution in [0.4, 0.5) is 0 Å². The van der Waals surface area contributed by atoms with Crippen LogP contribution in [-0.2, 0) is 6.54 Å². The first kappa shape index (κ1) is 16.4. The Labute approximate surface area is 139 Å². The van der Waals surface area contributed by atoms with Crippen LogP contribution in [0.5, 0.6) is 0 Å². The van der Waals surface area contributed by atoms with Crippen molar-refractivity contribution in [3.05, 3.63) is 44.6 Å². The van der Waals surface area contributed by atoms with Crippen LogP contribution in [0.3, 0.4) is 0 Å². The summed E-state index contributed by atoms with van der Waals surface area (Å²) >= 11 is 0. The molecule has 3 rings (SSSR count). The van der Waals surface area contributed by atoms with Crippen molar-refractivity contribution in [1.82, 2.24) is 14.5 Å². The third kappa shape index (κ3) is 2.75. The van der Waals surface area contributed by atoms with Crippen LogP contribution in [0, 0.1) is 0 Å². The number of carbonyl (C=O) groups is 1. The quantitative estimate of drug-likeness (QED) is 0.863. The smallest absolute Gasteiger partial charge is 0.328 e. The molecule has 1 aromatic heterocycles. The summed E-state index contributed by atoms with van der Waals surface area (Å²) in [5.74, 6) is -0.104. The third-order valence-electron chi connectivity index (χ3n) is 4.71. The summed E-state index contributed by atoms with van der Waals surface area (Å²) in [5.41, 5.74) is 5.84. The number of hydrogen-bond acceptors (Lipinski definition) is 4. The zero-order valence-corrected chi connectivity index (χ0v) is 13.7. The third-order valence-corrected chi connectivity index (χ3v) is 4.71. The molecule has 1 aliphatic rings. The number of aromatic amines is 1. The first-order valence-electron chi connectivity index (χ1n) is 8.34. The topological polar surface area (TPSA) is 101 Å². The minimum absolute atomic E-state index is 0.0501. The van der Waals surface area contributed by atoms with Crippen LogP contribution in [0.25, 0.3) is 10.9 Å². The van der Waals surface area contributed by atoms with Crippen molar-refractivity contribution < 1.29 is 4.79 Å². The molecule has 1 aliphatic heterocycles. The van der Waals surface area contributed by atoms with Crippen LogP contribution in [0.15, 0.2) is 27.8 Å². The molecule has 3 N–H and O–H groups in total. The molecule has 7 nitrogen and oxygen atoms in total. The maximum Gasteiger partial charge on any atom is 0.328 e. The van der Waals surface area contributed by atoms with E-state index in [1.807, 2.05) is 0 Å². The Hall–Kier alpha value is -2.41. The Bertz CT molecular complexity index is 884. The van der Waals surface area contributed by atoms with Gasteiger partial charge in [0.15, 0.2) is 0 Å². The van der Waals surface area contributed by atoms with E-state index in [9.17, 15) is 14.4 Å². The summed E-state index contributed by atoms with van der Waals surface area (Å²) in [7, 11) is 0. The fraction of sp³-hybridized carbons (Fsp3) is 0.471. The Kier molecular flexibility index (Phi) is 4.53. The molecule has 7 heteroatoms. The van der Waals surface area contributed by atoms with Crippen molar-refractivity contribution in [3.8, 4) is 0 Å². The summed E-state index contributed by atoms with van der Waals surface area (Å²) in [6.07, 6.45) is 2.95. The molecule has 1 aromatic carbocycles. The van der Waals surface area contributed by atoms with Gasteiger partial charge in [0.25, 0.3) is 11.5 Å². The van der Waals surface area contributed by atoms with Crippen molar-refractivity contribution in [2.45, 2.75) is 38.8 Å². The first-order valence-corrected chi connectivity index (χ1v) is 8.34. The number of hydrogen-bond donors (Lipinski definition) is 2. The van der Waals surface area contributed by atoms with E-state index in [1.54, 1.807) is 30.0 Å². The summed E-state index contributed by atoms with van der Waals surface area (Å²) in [4.78, 5) is 41.5. The van der Waals surface area contributed by atoms with Gasteiger partial charge in [-0.15, -0.1) is 0 Å². The lowest BCUT2D eigenvalue weighted by molar-refractivity contribution is 0.0623. The summed E-state index contributed by atoms with van der Waals surface area (Å²) in [5, 5.41) is 0.405. The second kappa shape index (κ2) is 6.60. The van der Waals surface area contributed by atoms with Gasteiger partial charge in [0.05, 0.1) is 10.9 Å². The molecule has 0 bridgehead atoms. The van der Waals surface area contributed by atoms with Crippen molar-refractivity contribution in [2.24, 2.45) is 5.73 Å². The molecular formula is C17H22N4O3. The Morgan fingerprint density at radius 3 is 2.83 bits per heavy atom. The number of benzene rings is 1. The Balaban J connectivity index is 2.03. The number of H-pyrrole nitrogens is 1. The molecule has 1 saturated heterocycles. The first-order chi connectivity index (χ1) is 11.6. The molecule has 2 heterocycles. The van der Waals surface area contributed by atoms with Crippen molar-refractivity contribution >= 4 is 16.8 Å². The molecule has 1 unspecified atom stereocenters. The van der Waals surface area contributed by atoms with Gasteiger partial charge in [-0.1, -0.05) is 0 Å². The van der Waals surface area contributed by atoms with E-state index in [0.29, 0.717) is 36.1 Å². The number of likely N-dealkylation sites (tertiary alicyclic amines) is 1. The fourth-order valence-electron chi connectivity index (χ4n) is 3.35. The summed E-state index contributed by atoms with van der Waals surface area (Å²) < 4.78 is 1.14. The van der Waals surface area contributed by atoms with Gasteiger partial charge >= 0.3 is 5.69 Å². The van der Waals surface area contributed by atoms with Crippen LogP contribution in [0.2, 0.25) is 0 Å². The van der Waals surface area contributed by atoms with Gasteiger partial charge in [0.2, 0.25) is 0 Å². The molecule has 128 valence electrons. The summed E-state index contributed by atoms with van der Waals surface area (Å²) in [6, 6.07) is 4.89. The van der Waals surface area contributed by atoms with Crippen LogP contribution in [0.1, 0.15) is 36.5 Å². The van der Waals surface area contributed by atoms with Crippen molar-refractivity contribution in [1.29, 1.82) is 0 Å². The van der Waals surface area contributed by atoms with E-state index in [-0.39, 0.29) is 17.5 Å². The molecule has 1 amide bonds. The van der Waals surface area contributed by atoms with Gasteiger partial charge in [-0.3, -0.25) is 14.2 Å². The van der Waals surface area contributed by atoms with Gasteiger partial charge in [0, 0.05) is 31.2 Å². The van der Waals surface area contributed by atoms with Gasteiger partial charge in [0.1, 0.15) is 0 Å². The number of nitrogens with zero attached hydrogens (tertiary/aromatic N) is 2. The van der Waals surface area contributed by atoms with E-state index in [1.165, 1.54) is 0 Å². The highest BCUT2D eigenvalue weighted by Gasteiger charge is 2.26. The van der Waals surface area contributed by atoms with Crippen LogP contribution in [-0.4, -0.2) is 39.5 Å². The number of amides is 1. The van der Waals surface area contributed by atoms with E-state index in [0.717, 1.165) is 23.8 Å². The number of piperidine rings is 1. The molecule has 1 atom stereocenters. The lowest BCUT2D eigenvalue weighted by Crippen LogP contribution is -2.47. The highest BCUT2D eigenvalue weighted by molar-refractivity contribution is 5.97. The van der Waals surface area contributed by atoms with E-state index < -0.39 is 5.69 Å². The lowest BCUT2D eigenvalue weighted by atomic mass is 10.0. The number of nitrogens with two attached hydrogens (primary N) is 1. The van der Waals surface area contributed by atoms with Crippen molar-refractivity contribution in [3.63, 3.8) is 0 Å². The van der Waals surface area contributed by atoms with E-state index in [4.69, 9.17) is 5.73 Å². The maximum absolute atomic E-state index is 12.8. The Morgan fingerprint density at radius 1 is 1.33 bits per heavy atom. The predicted octanol–water partition coefficient (Wildman–Crippen LogP) is 0.663. The monoisotopic (exact) mass is 330 g/mol. The highest BCUT2D eigenvalue weighted by atomic mass is 16.2. The molecule has 0 radical (unpaired) electrons. The largest absolute Gasteiger partial charge is 0.334 e. The minimum atomic E-state index is -0.461. The highest BCUT2D eigenvalue weighted by Crippen LogP contribution is 2.20. The average molecular weight is 330 g/mol. The number of rotatable bonds is 3. The molecular weight excluding hydrogens is 308 g/mol. The molecule has 2 aromatic rings. The molecule has 0 spiro atoms. The van der Waals surface area contributed by atoms with Gasteiger partial charge in [-0.25, -0.2) is 4.79 Å². The number of carbonyl (C=O) groups excluding carboxylic acids is 1. The SMILES string of the molecule is CCn1c(=O)[nH]c2cc(C(=O)N3CCCCC3CN)ccc2c1=O. The van der Waals surface area contributed by atoms with Crippen LogP contribution >= 0.6 is 0 Å². The molecule has 0 aliphatic carbocycles. The lowest BCUT2D eigenvalue weighted by Gasteiger charge is -2.35. The second-order valence-corrected chi connectivity index (χ2v) is 6.12. The second-order valence-electron chi connectivity index (χ2n) is 6.12. The molecule has 1 fully saturated rings. The zero-order valence-electron chi connectivity index (χ0n) is 13.7. The van der Waals surface area contributed by atoms with Gasteiger partial charge < -0.3 is 15.6 Å². The Morgan fingerprint density at radius 2 is 2.12 bits per heavy atom. The zero-order chi connectivity index (χ0) is 17.3. The van der Waals surface area contributed by atoms with Crippen molar-refractivity contribution in [2.75, 3.05) is 13.1 Å². The van der Waals surface area contributed by atoms with Gasteiger partial charge in [-0.2, -0.15) is 0 Å². The number of fused-ring (bicyclic) bond motifs is 1. The number of aromatic nitrogens is 2. The standard InChI is InChI=1S/C17H22N4O3/c1-2-20-16(23)13-7-6-11(9-14(13)19-17(20)24)15(22)21-8-4-3-5-12(21)10-18/h6-7,9,12H,2-5,8,10,18H2,1H3,(H,19,24). The van der Waals surface area contributed by atoms with E-state index >= 15 is 0 Å². The number of nitrogens with one attached hydrogen (secondary N) is 1. The van der Waals surface area contributed by atoms with Gasteiger partial charge in [-0.05, 0) is 44.4 Å². The predicted molar refractivity (Wildman–Crippen MR) is 92.2 cm³/mol. The van der Waals surface area contributed by atoms with E-state index in [2.05, 4.69) is 4.98 Å². The minimum Gasteiger partial charge on any atom is -0.334 e. The summed E-state index contributed by atoms with van der Waals surface area (Å²) in [6.45, 7) is 3.17. The fourth-order valence-corrected chi connectivity index (χ4v) is 3.35. The maximum atomic E-state index is 12.8. The van der Waals surface area contributed by atoms with Crippen LogP contribution < -0.4 is 17.0 Å².